The molecule has 0 atom stereocenters. The van der Waals surface area contributed by atoms with Crippen molar-refractivity contribution < 1.29 is 17.9 Å². The molecule has 186 valence electrons. The molecule has 0 aliphatic rings. The van der Waals surface area contributed by atoms with Crippen molar-refractivity contribution in [3.63, 3.8) is 0 Å². The van der Waals surface area contributed by atoms with Crippen LogP contribution in [0.25, 0.3) is 0 Å². The molecule has 0 aliphatic carbocycles. The molecule has 3 rings (SSSR count). The molecule has 3 aromatic carbocycles. The number of hydrogen-bond acceptors (Lipinski definition) is 4. The Morgan fingerprint density at radius 2 is 1.69 bits per heavy atom. The van der Waals surface area contributed by atoms with Crippen molar-refractivity contribution in [2.45, 2.75) is 38.0 Å². The number of amides is 1. The summed E-state index contributed by atoms with van der Waals surface area (Å²) in [5.74, 6) is 0.477. The molecule has 1 N–H and O–H groups in total. The molecular formula is C27H31ClN2O4S. The molecule has 0 bridgehead atoms. The van der Waals surface area contributed by atoms with Crippen molar-refractivity contribution in [2.24, 2.45) is 0 Å². The number of anilines is 1. The van der Waals surface area contributed by atoms with Crippen molar-refractivity contribution in [1.29, 1.82) is 0 Å². The molecular weight excluding hydrogens is 484 g/mol. The fourth-order valence-corrected chi connectivity index (χ4v) is 5.06. The Balaban J connectivity index is 1.66. The molecule has 0 heterocycles. The van der Waals surface area contributed by atoms with Crippen LogP contribution in [-0.2, 0) is 21.2 Å². The van der Waals surface area contributed by atoms with Crippen LogP contribution >= 0.6 is 11.6 Å². The molecule has 0 saturated heterocycles. The summed E-state index contributed by atoms with van der Waals surface area (Å²) in [6.45, 7) is 4.68. The summed E-state index contributed by atoms with van der Waals surface area (Å²) in [4.78, 5) is 12.9. The number of aryl methyl sites for hydroxylation is 2. The number of carbonyl (C=O) groups is 1. The van der Waals surface area contributed by atoms with Gasteiger partial charge in [-0.25, -0.2) is 8.42 Å². The van der Waals surface area contributed by atoms with Crippen LogP contribution in [-0.4, -0.2) is 34.0 Å². The zero-order valence-corrected chi connectivity index (χ0v) is 21.6. The van der Waals surface area contributed by atoms with E-state index < -0.39 is 10.0 Å². The summed E-state index contributed by atoms with van der Waals surface area (Å²) >= 11 is 5.99. The third kappa shape index (κ3) is 7.47. The van der Waals surface area contributed by atoms with Crippen LogP contribution in [0.15, 0.2) is 77.7 Å². The summed E-state index contributed by atoms with van der Waals surface area (Å²) in [5, 5.41) is 3.33. The first-order valence-corrected chi connectivity index (χ1v) is 13.5. The van der Waals surface area contributed by atoms with Crippen molar-refractivity contribution in [3.8, 4) is 5.75 Å². The highest BCUT2D eigenvalue weighted by atomic mass is 35.5. The van der Waals surface area contributed by atoms with Gasteiger partial charge in [0.25, 0.3) is 10.0 Å². The molecule has 0 aliphatic heterocycles. The topological polar surface area (TPSA) is 75.7 Å². The Kier molecular flexibility index (Phi) is 9.57. The summed E-state index contributed by atoms with van der Waals surface area (Å²) in [5.41, 5.74) is 2.40. The third-order valence-corrected chi connectivity index (χ3v) is 7.43. The van der Waals surface area contributed by atoms with Crippen molar-refractivity contribution in [2.75, 3.05) is 24.0 Å². The molecule has 0 radical (unpaired) electrons. The van der Waals surface area contributed by atoms with E-state index in [0.717, 1.165) is 34.0 Å². The Hall–Kier alpha value is -3.03. The summed E-state index contributed by atoms with van der Waals surface area (Å²) in [6.07, 6.45) is 2.37. The number of ether oxygens (including phenoxy) is 1. The lowest BCUT2D eigenvalue weighted by molar-refractivity contribution is -0.119. The van der Waals surface area contributed by atoms with Gasteiger partial charge < -0.3 is 10.1 Å². The van der Waals surface area contributed by atoms with E-state index in [0.29, 0.717) is 30.3 Å². The molecule has 8 heteroatoms. The summed E-state index contributed by atoms with van der Waals surface area (Å²) < 4.78 is 33.7. The van der Waals surface area contributed by atoms with Crippen LogP contribution in [0.5, 0.6) is 5.75 Å². The molecule has 0 saturated carbocycles. The minimum Gasteiger partial charge on any atom is -0.493 e. The summed E-state index contributed by atoms with van der Waals surface area (Å²) in [7, 11) is -3.95. The second kappa shape index (κ2) is 12.6. The van der Waals surface area contributed by atoms with Gasteiger partial charge in [0.15, 0.2) is 0 Å². The Labute approximate surface area is 212 Å². The number of hydrogen-bond donors (Lipinski definition) is 1. The lowest BCUT2D eigenvalue weighted by Gasteiger charge is -2.24. The van der Waals surface area contributed by atoms with Gasteiger partial charge in [0.05, 0.1) is 17.2 Å². The number of nitrogens with zero attached hydrogens (tertiary/aromatic N) is 1. The number of rotatable bonds is 12. The minimum atomic E-state index is -3.95. The Bertz CT molecular complexity index is 1210. The van der Waals surface area contributed by atoms with Crippen molar-refractivity contribution in [3.05, 3.63) is 88.9 Å². The summed E-state index contributed by atoms with van der Waals surface area (Å²) in [6, 6.07) is 20.8. The maximum absolute atomic E-state index is 13.4. The number of benzene rings is 3. The number of sulfonamides is 1. The third-order valence-electron chi connectivity index (χ3n) is 5.39. The van der Waals surface area contributed by atoms with Gasteiger partial charge in [0.1, 0.15) is 12.3 Å². The van der Waals surface area contributed by atoms with E-state index in [1.807, 2.05) is 31.2 Å². The van der Waals surface area contributed by atoms with Crippen LogP contribution < -0.4 is 14.4 Å². The fourth-order valence-electron chi connectivity index (χ4n) is 3.52. The maximum atomic E-state index is 13.4. The first-order valence-electron chi connectivity index (χ1n) is 11.6. The number of carbonyl (C=O) groups excluding carboxylic acids is 1. The fraction of sp³-hybridized carbons (Fsp3) is 0.296. The average Bonchev–Trinajstić information content (AvgIpc) is 2.85. The predicted molar refractivity (Wildman–Crippen MR) is 141 cm³/mol. The molecule has 35 heavy (non-hydrogen) atoms. The normalized spacial score (nSPS) is 11.2. The van der Waals surface area contributed by atoms with Crippen LogP contribution in [0.2, 0.25) is 5.02 Å². The second-order valence-electron chi connectivity index (χ2n) is 8.21. The zero-order chi connectivity index (χ0) is 25.3. The van der Waals surface area contributed by atoms with E-state index in [1.165, 1.54) is 0 Å². The number of halogens is 1. The molecule has 0 unspecified atom stereocenters. The minimum absolute atomic E-state index is 0.120. The number of para-hydroxylation sites is 1. The van der Waals surface area contributed by atoms with Gasteiger partial charge in [0.2, 0.25) is 5.91 Å². The van der Waals surface area contributed by atoms with E-state index in [4.69, 9.17) is 16.3 Å². The van der Waals surface area contributed by atoms with Gasteiger partial charge in [-0.05, 0) is 74.2 Å². The Morgan fingerprint density at radius 3 is 2.37 bits per heavy atom. The quantitative estimate of drug-likeness (QED) is 0.329. The van der Waals surface area contributed by atoms with Crippen LogP contribution in [0.1, 0.15) is 30.9 Å². The van der Waals surface area contributed by atoms with Gasteiger partial charge >= 0.3 is 0 Å². The lowest BCUT2D eigenvalue weighted by Crippen LogP contribution is -2.41. The van der Waals surface area contributed by atoms with Gasteiger partial charge in [-0.15, -0.1) is 0 Å². The smallest absolute Gasteiger partial charge is 0.264 e. The average molecular weight is 515 g/mol. The molecule has 0 spiro atoms. The van der Waals surface area contributed by atoms with E-state index in [9.17, 15) is 13.2 Å². The number of nitrogens with one attached hydrogen (secondary N) is 1. The van der Waals surface area contributed by atoms with E-state index in [-0.39, 0.29) is 17.3 Å². The molecule has 0 fully saturated rings. The molecule has 0 aromatic heterocycles. The predicted octanol–water partition coefficient (Wildman–Crippen LogP) is 5.38. The van der Waals surface area contributed by atoms with E-state index in [2.05, 4.69) is 12.2 Å². The largest absolute Gasteiger partial charge is 0.493 e. The van der Waals surface area contributed by atoms with E-state index >= 15 is 0 Å². The first kappa shape index (κ1) is 26.6. The van der Waals surface area contributed by atoms with Crippen LogP contribution in [0.4, 0.5) is 5.69 Å². The highest BCUT2D eigenvalue weighted by Crippen LogP contribution is 2.25. The monoisotopic (exact) mass is 514 g/mol. The molecule has 1 amide bonds. The highest BCUT2D eigenvalue weighted by Gasteiger charge is 2.27. The highest BCUT2D eigenvalue weighted by molar-refractivity contribution is 7.92. The van der Waals surface area contributed by atoms with Crippen LogP contribution in [0.3, 0.4) is 0 Å². The van der Waals surface area contributed by atoms with Crippen molar-refractivity contribution in [1.82, 2.24) is 5.32 Å². The maximum Gasteiger partial charge on any atom is 0.264 e. The molecule has 6 nitrogen and oxygen atoms in total. The zero-order valence-electron chi connectivity index (χ0n) is 20.0. The van der Waals surface area contributed by atoms with Gasteiger partial charge in [-0.1, -0.05) is 54.4 Å². The van der Waals surface area contributed by atoms with Gasteiger partial charge in [-0.2, -0.15) is 0 Å². The van der Waals surface area contributed by atoms with Gasteiger partial charge in [0, 0.05) is 11.6 Å². The second-order valence-corrected chi connectivity index (χ2v) is 10.5. The molecule has 3 aromatic rings. The first-order chi connectivity index (χ1) is 16.8. The Morgan fingerprint density at radius 1 is 1.00 bits per heavy atom. The van der Waals surface area contributed by atoms with Crippen molar-refractivity contribution >= 4 is 33.2 Å². The van der Waals surface area contributed by atoms with Gasteiger partial charge in [-0.3, -0.25) is 9.10 Å². The van der Waals surface area contributed by atoms with Crippen LogP contribution in [0, 0.1) is 6.92 Å². The lowest BCUT2D eigenvalue weighted by atomic mass is 10.1. The van der Waals surface area contributed by atoms with E-state index in [1.54, 1.807) is 48.5 Å². The standard InChI is InChI=1S/C27H31ClN2O4S/c1-3-19-34-26-9-5-4-7-22(26)8-6-18-29-27(31)20-30(24-14-12-23(28)13-15-24)35(32,33)25-16-10-21(2)11-17-25/h4-5,7,9-17H,3,6,8,18-20H2,1-2H3,(H,29,31). The SMILES string of the molecule is CCCOc1ccccc1CCCNC(=O)CN(c1ccc(Cl)cc1)S(=O)(=O)c1ccc(C)cc1.